The Hall–Kier alpha value is -1.98. The van der Waals surface area contributed by atoms with E-state index in [0.29, 0.717) is 27.3 Å². The van der Waals surface area contributed by atoms with Gasteiger partial charge in [0.1, 0.15) is 0 Å². The van der Waals surface area contributed by atoms with Gasteiger partial charge in [-0.05, 0) is 51.0 Å². The highest BCUT2D eigenvalue weighted by molar-refractivity contribution is 6.42. The number of hydrogen-bond donors (Lipinski definition) is 1. The van der Waals surface area contributed by atoms with E-state index in [2.05, 4.69) is 9.88 Å². The van der Waals surface area contributed by atoms with E-state index in [1.165, 1.54) is 6.07 Å². The van der Waals surface area contributed by atoms with Gasteiger partial charge in [-0.25, -0.2) is 4.79 Å². The molecule has 0 atom stereocenters. The van der Waals surface area contributed by atoms with Gasteiger partial charge in [0, 0.05) is 23.1 Å². The minimum Gasteiger partial charge on any atom is -0.452 e. The van der Waals surface area contributed by atoms with Gasteiger partial charge in [0.2, 0.25) is 0 Å². The predicted octanol–water partition coefficient (Wildman–Crippen LogP) is 4.54. The van der Waals surface area contributed by atoms with Crippen molar-refractivity contribution in [3.8, 4) is 0 Å². The Morgan fingerprint density at radius 2 is 1.92 bits per heavy atom. The molecule has 1 amide bonds. The summed E-state index contributed by atoms with van der Waals surface area (Å²) >= 11 is 11.7. The summed E-state index contributed by atoms with van der Waals surface area (Å²) in [7, 11) is 0. The third-order valence-corrected chi connectivity index (χ3v) is 4.89. The van der Waals surface area contributed by atoms with Gasteiger partial charge in [0.15, 0.2) is 6.61 Å². The van der Waals surface area contributed by atoms with Gasteiger partial charge in [0.25, 0.3) is 5.91 Å². The lowest BCUT2D eigenvalue weighted by molar-refractivity contribution is -0.119. The molecule has 1 N–H and O–H groups in total. The summed E-state index contributed by atoms with van der Waals surface area (Å²) in [5.74, 6) is -0.938. The highest BCUT2D eigenvalue weighted by Gasteiger charge is 2.28. The van der Waals surface area contributed by atoms with Crippen molar-refractivity contribution in [3.05, 3.63) is 51.3 Å². The van der Waals surface area contributed by atoms with Gasteiger partial charge in [-0.15, -0.1) is 0 Å². The van der Waals surface area contributed by atoms with Crippen molar-refractivity contribution in [2.45, 2.75) is 32.7 Å². The summed E-state index contributed by atoms with van der Waals surface area (Å²) in [6.07, 6.45) is 2.27. The highest BCUT2D eigenvalue weighted by Crippen LogP contribution is 2.38. The first-order valence-electron chi connectivity index (χ1n) is 7.97. The van der Waals surface area contributed by atoms with E-state index in [-0.39, 0.29) is 6.61 Å². The molecule has 7 heteroatoms. The van der Waals surface area contributed by atoms with E-state index < -0.39 is 11.9 Å². The summed E-state index contributed by atoms with van der Waals surface area (Å²) in [5.41, 5.74) is 2.91. The Morgan fingerprint density at radius 3 is 2.56 bits per heavy atom. The average Bonchev–Trinajstić information content (AvgIpc) is 3.34. The molecule has 0 aliphatic heterocycles. The molecule has 0 bridgehead atoms. The molecule has 1 aromatic carbocycles. The van der Waals surface area contributed by atoms with E-state index >= 15 is 0 Å². The van der Waals surface area contributed by atoms with E-state index in [1.807, 2.05) is 19.9 Å². The SMILES string of the molecule is Cc1cc(C(=O)OCC(=O)Nc2ccc(Cl)c(Cl)c2)c(C)n1C1CC1. The lowest BCUT2D eigenvalue weighted by Crippen LogP contribution is -2.21. The monoisotopic (exact) mass is 380 g/mol. The molecule has 3 rings (SSSR count). The fraction of sp³-hybridized carbons (Fsp3) is 0.333. The maximum Gasteiger partial charge on any atom is 0.340 e. The molecule has 2 aromatic rings. The van der Waals surface area contributed by atoms with Crippen LogP contribution >= 0.6 is 23.2 Å². The highest BCUT2D eigenvalue weighted by atomic mass is 35.5. The fourth-order valence-electron chi connectivity index (χ4n) is 2.86. The molecular weight excluding hydrogens is 363 g/mol. The summed E-state index contributed by atoms with van der Waals surface area (Å²) in [4.78, 5) is 24.2. The number of anilines is 1. The first kappa shape index (κ1) is 17.8. The topological polar surface area (TPSA) is 60.3 Å². The molecule has 1 aliphatic carbocycles. The van der Waals surface area contributed by atoms with E-state index in [9.17, 15) is 9.59 Å². The molecule has 0 unspecified atom stereocenters. The van der Waals surface area contributed by atoms with Crippen LogP contribution in [-0.2, 0) is 9.53 Å². The lowest BCUT2D eigenvalue weighted by Gasteiger charge is -2.09. The number of rotatable bonds is 5. The Balaban J connectivity index is 1.59. The second-order valence-corrected chi connectivity index (χ2v) is 6.95. The summed E-state index contributed by atoms with van der Waals surface area (Å²) in [6.45, 7) is 3.50. The van der Waals surface area contributed by atoms with Crippen LogP contribution in [0.3, 0.4) is 0 Å². The Kier molecular flexibility index (Phi) is 5.06. The maximum atomic E-state index is 12.3. The first-order chi connectivity index (χ1) is 11.9. The zero-order valence-electron chi connectivity index (χ0n) is 13.9. The minimum atomic E-state index is -0.496. The number of carbonyl (C=O) groups is 2. The van der Waals surface area contributed by atoms with Gasteiger partial charge in [-0.3, -0.25) is 4.79 Å². The quantitative estimate of drug-likeness (QED) is 0.774. The average molecular weight is 381 g/mol. The van der Waals surface area contributed by atoms with Gasteiger partial charge in [-0.2, -0.15) is 0 Å². The number of nitrogens with zero attached hydrogens (tertiary/aromatic N) is 1. The normalized spacial score (nSPS) is 13.6. The number of nitrogens with one attached hydrogen (secondary N) is 1. The van der Waals surface area contributed by atoms with Crippen molar-refractivity contribution in [2.75, 3.05) is 11.9 Å². The van der Waals surface area contributed by atoms with Crippen LogP contribution in [-0.4, -0.2) is 23.1 Å². The number of esters is 1. The van der Waals surface area contributed by atoms with E-state index in [1.54, 1.807) is 12.1 Å². The first-order valence-corrected chi connectivity index (χ1v) is 8.73. The minimum absolute atomic E-state index is 0.337. The Bertz CT molecular complexity index is 841. The third kappa shape index (κ3) is 3.99. The number of hydrogen-bond acceptors (Lipinski definition) is 3. The molecular formula is C18H18Cl2N2O3. The zero-order chi connectivity index (χ0) is 18.1. The van der Waals surface area contributed by atoms with Crippen molar-refractivity contribution >= 4 is 40.8 Å². The molecule has 1 heterocycles. The summed E-state index contributed by atoms with van der Waals surface area (Å²) in [5, 5.41) is 3.35. The standard InChI is InChI=1S/C18H18Cl2N2O3/c1-10-7-14(11(2)22(10)13-4-5-13)18(24)25-9-17(23)21-12-3-6-15(19)16(20)8-12/h3,6-8,13H,4-5,9H2,1-2H3,(H,21,23). The van der Waals surface area contributed by atoms with Crippen LogP contribution in [0, 0.1) is 13.8 Å². The Morgan fingerprint density at radius 1 is 1.20 bits per heavy atom. The number of amides is 1. The van der Waals surface area contributed by atoms with Crippen molar-refractivity contribution in [1.82, 2.24) is 4.57 Å². The van der Waals surface area contributed by atoms with E-state index in [4.69, 9.17) is 27.9 Å². The van der Waals surface area contributed by atoms with Crippen LogP contribution in [0.15, 0.2) is 24.3 Å². The predicted molar refractivity (Wildman–Crippen MR) is 97.6 cm³/mol. The Labute approximate surface area is 155 Å². The molecule has 0 spiro atoms. The van der Waals surface area contributed by atoms with Crippen molar-refractivity contribution < 1.29 is 14.3 Å². The van der Waals surface area contributed by atoms with Gasteiger partial charge in [-0.1, -0.05) is 23.2 Å². The second kappa shape index (κ2) is 7.10. The number of aromatic nitrogens is 1. The van der Waals surface area contributed by atoms with Crippen molar-refractivity contribution in [2.24, 2.45) is 0 Å². The summed E-state index contributed by atoms with van der Waals surface area (Å²) in [6, 6.07) is 7.04. The third-order valence-electron chi connectivity index (χ3n) is 4.15. The van der Waals surface area contributed by atoms with Crippen LogP contribution in [0.2, 0.25) is 10.0 Å². The van der Waals surface area contributed by atoms with Crippen LogP contribution in [0.1, 0.15) is 40.6 Å². The zero-order valence-corrected chi connectivity index (χ0v) is 15.4. The number of benzene rings is 1. The van der Waals surface area contributed by atoms with Crippen molar-refractivity contribution in [1.29, 1.82) is 0 Å². The van der Waals surface area contributed by atoms with Crippen LogP contribution < -0.4 is 5.32 Å². The number of ether oxygens (including phenoxy) is 1. The second-order valence-electron chi connectivity index (χ2n) is 6.14. The molecule has 1 aromatic heterocycles. The van der Waals surface area contributed by atoms with Crippen molar-refractivity contribution in [3.63, 3.8) is 0 Å². The molecule has 1 aliphatic rings. The maximum absolute atomic E-state index is 12.3. The molecule has 5 nitrogen and oxygen atoms in total. The summed E-state index contributed by atoms with van der Waals surface area (Å²) < 4.78 is 7.30. The molecule has 0 saturated heterocycles. The molecule has 0 radical (unpaired) electrons. The van der Waals surface area contributed by atoms with Crippen LogP contribution in [0.4, 0.5) is 5.69 Å². The van der Waals surface area contributed by atoms with Crippen LogP contribution in [0.25, 0.3) is 0 Å². The van der Waals surface area contributed by atoms with Gasteiger partial charge < -0.3 is 14.6 Å². The molecule has 1 fully saturated rings. The number of halogens is 2. The number of carbonyl (C=O) groups excluding carboxylic acids is 2. The number of aryl methyl sites for hydroxylation is 1. The van der Waals surface area contributed by atoms with Gasteiger partial charge >= 0.3 is 5.97 Å². The van der Waals surface area contributed by atoms with Crippen LogP contribution in [0.5, 0.6) is 0 Å². The molecule has 25 heavy (non-hydrogen) atoms. The lowest BCUT2D eigenvalue weighted by atomic mass is 10.2. The molecule has 1 saturated carbocycles. The van der Waals surface area contributed by atoms with E-state index in [0.717, 1.165) is 24.2 Å². The largest absolute Gasteiger partial charge is 0.452 e. The fourth-order valence-corrected chi connectivity index (χ4v) is 3.16. The smallest absolute Gasteiger partial charge is 0.340 e. The van der Waals surface area contributed by atoms with Gasteiger partial charge in [0.05, 0.1) is 15.6 Å². The molecule has 132 valence electrons.